The van der Waals surface area contributed by atoms with Gasteiger partial charge in [-0.2, -0.15) is 0 Å². The number of unbranched alkanes of at least 4 members (excludes halogenated alkanes) is 1. The molecule has 1 N–H and O–H groups in total. The highest BCUT2D eigenvalue weighted by Gasteiger charge is 2.14. The molecule has 24 heavy (non-hydrogen) atoms. The van der Waals surface area contributed by atoms with Gasteiger partial charge in [-0.05, 0) is 18.4 Å². The van der Waals surface area contributed by atoms with Gasteiger partial charge in [0.15, 0.2) is 12.3 Å². The average Bonchev–Trinajstić information content (AvgIpc) is 3.10. The van der Waals surface area contributed by atoms with Crippen LogP contribution in [0.25, 0.3) is 10.6 Å². The first-order valence-electron chi connectivity index (χ1n) is 8.12. The maximum atomic E-state index is 12.0. The molecule has 1 heterocycles. The molecule has 1 aromatic heterocycles. The predicted molar refractivity (Wildman–Crippen MR) is 95.1 cm³/mol. The lowest BCUT2D eigenvalue weighted by atomic mass is 10.1. The molecular formula is C18H22N2O3S. The number of nitrogens with one attached hydrogen (secondary N) is 1. The highest BCUT2D eigenvalue weighted by molar-refractivity contribution is 7.13. The van der Waals surface area contributed by atoms with Crippen LogP contribution in [0.4, 0.5) is 0 Å². The number of aryl methyl sites for hydroxylation is 1. The summed E-state index contributed by atoms with van der Waals surface area (Å²) in [4.78, 5) is 27.8. The molecule has 0 aliphatic carbocycles. The number of thiazole rings is 1. The average molecular weight is 346 g/mol. The van der Waals surface area contributed by atoms with Crippen molar-refractivity contribution in [3.05, 3.63) is 40.9 Å². The fourth-order valence-electron chi connectivity index (χ4n) is 2.04. The Balaban J connectivity index is 1.89. The lowest BCUT2D eigenvalue weighted by molar-refractivity contribution is -0.124. The van der Waals surface area contributed by atoms with Gasteiger partial charge in [-0.25, -0.2) is 9.78 Å². The van der Waals surface area contributed by atoms with Crippen molar-refractivity contribution in [2.24, 2.45) is 0 Å². The van der Waals surface area contributed by atoms with E-state index in [4.69, 9.17) is 4.74 Å². The minimum Gasteiger partial charge on any atom is -0.451 e. The van der Waals surface area contributed by atoms with Crippen molar-refractivity contribution >= 4 is 23.2 Å². The topological polar surface area (TPSA) is 68.3 Å². The summed E-state index contributed by atoms with van der Waals surface area (Å²) >= 11 is 1.38. The molecular weight excluding hydrogens is 324 g/mol. The third-order valence-electron chi connectivity index (χ3n) is 3.51. The second-order valence-electron chi connectivity index (χ2n) is 5.37. The second-order valence-corrected chi connectivity index (χ2v) is 6.23. The van der Waals surface area contributed by atoms with Crippen LogP contribution in [0.1, 0.15) is 42.7 Å². The zero-order chi connectivity index (χ0) is 17.4. The Morgan fingerprint density at radius 3 is 2.62 bits per heavy atom. The summed E-state index contributed by atoms with van der Waals surface area (Å²) in [5.74, 6) is -0.865. The van der Waals surface area contributed by atoms with Crippen molar-refractivity contribution in [3.63, 3.8) is 0 Å². The summed E-state index contributed by atoms with van der Waals surface area (Å²) in [7, 11) is 0. The molecule has 0 radical (unpaired) electrons. The highest BCUT2D eigenvalue weighted by Crippen LogP contribution is 2.24. The summed E-state index contributed by atoms with van der Waals surface area (Å²) in [6, 6.07) is 8.09. The van der Waals surface area contributed by atoms with E-state index < -0.39 is 5.97 Å². The van der Waals surface area contributed by atoms with Crippen LogP contribution in [0.2, 0.25) is 0 Å². The molecule has 128 valence electrons. The quantitative estimate of drug-likeness (QED) is 0.587. The number of aromatic nitrogens is 1. The number of hydrogen-bond donors (Lipinski definition) is 1. The summed E-state index contributed by atoms with van der Waals surface area (Å²) < 4.78 is 5.00. The van der Waals surface area contributed by atoms with Gasteiger partial charge in [-0.3, -0.25) is 4.79 Å². The Kier molecular flexibility index (Phi) is 6.93. The number of amides is 1. The monoisotopic (exact) mass is 346 g/mol. The largest absolute Gasteiger partial charge is 0.451 e. The molecule has 0 fully saturated rings. The molecule has 0 spiro atoms. The zero-order valence-corrected chi connectivity index (χ0v) is 14.8. The van der Waals surface area contributed by atoms with Crippen molar-refractivity contribution < 1.29 is 14.3 Å². The van der Waals surface area contributed by atoms with E-state index in [0.717, 1.165) is 29.8 Å². The molecule has 0 unspecified atom stereocenters. The minimum atomic E-state index is -0.576. The molecule has 0 atom stereocenters. The molecule has 2 aromatic rings. The van der Waals surface area contributed by atoms with Crippen molar-refractivity contribution in [1.82, 2.24) is 10.3 Å². The van der Waals surface area contributed by atoms with Crippen LogP contribution in [0.5, 0.6) is 0 Å². The van der Waals surface area contributed by atoms with Crippen LogP contribution >= 0.6 is 11.3 Å². The van der Waals surface area contributed by atoms with Crippen molar-refractivity contribution in [2.75, 3.05) is 13.2 Å². The molecule has 5 nitrogen and oxygen atoms in total. The van der Waals surface area contributed by atoms with E-state index in [9.17, 15) is 9.59 Å². The van der Waals surface area contributed by atoms with Gasteiger partial charge in [0.1, 0.15) is 5.01 Å². The summed E-state index contributed by atoms with van der Waals surface area (Å²) in [5.41, 5.74) is 2.45. The van der Waals surface area contributed by atoms with Crippen LogP contribution < -0.4 is 5.32 Å². The minimum absolute atomic E-state index is 0.232. The van der Waals surface area contributed by atoms with Gasteiger partial charge in [0.25, 0.3) is 5.91 Å². The van der Waals surface area contributed by atoms with Gasteiger partial charge in [0, 0.05) is 17.5 Å². The number of esters is 1. The molecule has 0 saturated heterocycles. The van der Waals surface area contributed by atoms with Crippen molar-refractivity contribution in [3.8, 4) is 10.6 Å². The lowest BCUT2D eigenvalue weighted by Crippen LogP contribution is -2.29. The smallest absolute Gasteiger partial charge is 0.358 e. The third kappa shape index (κ3) is 5.16. The van der Waals surface area contributed by atoms with Gasteiger partial charge in [-0.15, -0.1) is 11.3 Å². The van der Waals surface area contributed by atoms with Crippen LogP contribution in [0, 0.1) is 0 Å². The number of hydrogen-bond acceptors (Lipinski definition) is 5. The number of ether oxygens (including phenoxy) is 1. The molecule has 1 aromatic carbocycles. The van der Waals surface area contributed by atoms with Crippen molar-refractivity contribution in [1.29, 1.82) is 0 Å². The van der Waals surface area contributed by atoms with Crippen LogP contribution in [0.15, 0.2) is 29.6 Å². The SMILES string of the molecule is CCCCNC(=O)COC(=O)c1csc(-c2ccc(CC)cc2)n1. The van der Waals surface area contributed by atoms with Gasteiger partial charge >= 0.3 is 5.97 Å². The van der Waals surface area contributed by atoms with E-state index in [0.29, 0.717) is 6.54 Å². The summed E-state index contributed by atoms with van der Waals surface area (Å²) in [5, 5.41) is 5.11. The van der Waals surface area contributed by atoms with Gasteiger partial charge in [-0.1, -0.05) is 44.5 Å². The van der Waals surface area contributed by atoms with Crippen LogP contribution in [-0.2, 0) is 16.0 Å². The Hall–Kier alpha value is -2.21. The third-order valence-corrected chi connectivity index (χ3v) is 4.40. The normalized spacial score (nSPS) is 10.4. The number of nitrogens with zero attached hydrogens (tertiary/aromatic N) is 1. The standard InChI is InChI=1S/C18H22N2O3S/c1-3-5-10-19-16(21)11-23-18(22)15-12-24-17(20-15)14-8-6-13(4-2)7-9-14/h6-9,12H,3-5,10-11H2,1-2H3,(H,19,21). The number of carbonyl (C=O) groups excluding carboxylic acids is 2. The van der Waals surface area contributed by atoms with E-state index in [1.807, 2.05) is 19.1 Å². The second kappa shape index (κ2) is 9.17. The van der Waals surface area contributed by atoms with Gasteiger partial charge in [0.2, 0.25) is 0 Å². The Bertz CT molecular complexity index is 680. The zero-order valence-electron chi connectivity index (χ0n) is 14.0. The summed E-state index contributed by atoms with van der Waals surface area (Å²) in [6.07, 6.45) is 2.89. The van der Waals surface area contributed by atoms with Gasteiger partial charge < -0.3 is 10.1 Å². The lowest BCUT2D eigenvalue weighted by Gasteiger charge is -2.04. The maximum absolute atomic E-state index is 12.0. The molecule has 1 amide bonds. The van der Waals surface area contributed by atoms with Crippen LogP contribution in [0.3, 0.4) is 0 Å². The first-order chi connectivity index (χ1) is 11.6. The first kappa shape index (κ1) is 18.1. The Labute approximate surface area is 146 Å². The molecule has 0 saturated carbocycles. The van der Waals surface area contributed by atoms with Crippen molar-refractivity contribution in [2.45, 2.75) is 33.1 Å². The fraction of sp³-hybridized carbons (Fsp3) is 0.389. The van der Waals surface area contributed by atoms with E-state index in [2.05, 4.69) is 29.4 Å². The number of benzene rings is 1. The molecule has 6 heteroatoms. The van der Waals surface area contributed by atoms with E-state index in [1.54, 1.807) is 5.38 Å². The molecule has 0 aliphatic rings. The number of carbonyl (C=O) groups is 2. The first-order valence-corrected chi connectivity index (χ1v) is 9.00. The molecule has 0 aliphatic heterocycles. The fourth-order valence-corrected chi connectivity index (χ4v) is 2.84. The van der Waals surface area contributed by atoms with E-state index >= 15 is 0 Å². The van der Waals surface area contributed by atoms with E-state index in [-0.39, 0.29) is 18.2 Å². The van der Waals surface area contributed by atoms with Crippen LogP contribution in [-0.4, -0.2) is 30.0 Å². The predicted octanol–water partition coefficient (Wildman–Crippen LogP) is 3.45. The molecule has 2 rings (SSSR count). The highest BCUT2D eigenvalue weighted by atomic mass is 32.1. The summed E-state index contributed by atoms with van der Waals surface area (Å²) in [6.45, 7) is 4.47. The Morgan fingerprint density at radius 2 is 1.96 bits per heavy atom. The van der Waals surface area contributed by atoms with Gasteiger partial charge in [0.05, 0.1) is 0 Å². The van der Waals surface area contributed by atoms with E-state index in [1.165, 1.54) is 16.9 Å². The maximum Gasteiger partial charge on any atom is 0.358 e. The molecule has 0 bridgehead atoms. The number of rotatable bonds is 8. The Morgan fingerprint density at radius 1 is 1.21 bits per heavy atom.